The first-order chi connectivity index (χ1) is 14.9. The molecular formula is C22H20Cl2N2O4S. The molecule has 2 aromatic carbocycles. The maximum Gasteiger partial charge on any atom is 0.261 e. The molecule has 2 aromatic rings. The highest BCUT2D eigenvalue weighted by Crippen LogP contribution is 2.29. The molecule has 1 fully saturated rings. The van der Waals surface area contributed by atoms with Gasteiger partial charge in [-0.05, 0) is 48.7 Å². The molecule has 6 nitrogen and oxygen atoms in total. The number of imide groups is 1. The molecule has 1 atom stereocenters. The summed E-state index contributed by atoms with van der Waals surface area (Å²) in [4.78, 5) is 38.9. The van der Waals surface area contributed by atoms with Crippen LogP contribution in [0.1, 0.15) is 39.1 Å². The number of fused-ring (bicyclic) bond motifs is 1. The second kappa shape index (κ2) is 9.61. The zero-order valence-corrected chi connectivity index (χ0v) is 18.9. The summed E-state index contributed by atoms with van der Waals surface area (Å²) in [5.41, 5.74) is 1.91. The molecule has 1 saturated heterocycles. The largest absolute Gasteiger partial charge is 0.376 e. The van der Waals surface area contributed by atoms with Crippen LogP contribution in [0.2, 0.25) is 10.0 Å². The number of nitrogens with one attached hydrogen (secondary N) is 1. The first kappa shape index (κ1) is 22.1. The lowest BCUT2D eigenvalue weighted by molar-refractivity contribution is -0.113. The van der Waals surface area contributed by atoms with Crippen LogP contribution in [0.15, 0.2) is 36.4 Å². The fraction of sp³-hybridized carbons (Fsp3) is 0.318. The second-order valence-electron chi connectivity index (χ2n) is 7.36. The van der Waals surface area contributed by atoms with Crippen molar-refractivity contribution in [2.75, 3.05) is 24.2 Å². The van der Waals surface area contributed by atoms with E-state index >= 15 is 0 Å². The topological polar surface area (TPSA) is 75.7 Å². The van der Waals surface area contributed by atoms with Gasteiger partial charge < -0.3 is 10.1 Å². The highest BCUT2D eigenvalue weighted by Gasteiger charge is 2.37. The number of benzene rings is 2. The number of amides is 3. The van der Waals surface area contributed by atoms with Crippen LogP contribution in [0.3, 0.4) is 0 Å². The number of carbonyl (C=O) groups excluding carboxylic acids is 3. The van der Waals surface area contributed by atoms with E-state index in [9.17, 15) is 14.4 Å². The average molecular weight is 479 g/mol. The molecule has 2 heterocycles. The molecule has 0 spiro atoms. The van der Waals surface area contributed by atoms with Gasteiger partial charge in [-0.15, -0.1) is 11.8 Å². The van der Waals surface area contributed by atoms with Crippen molar-refractivity contribution in [2.45, 2.75) is 24.7 Å². The predicted molar refractivity (Wildman–Crippen MR) is 122 cm³/mol. The van der Waals surface area contributed by atoms with Crippen molar-refractivity contribution in [3.8, 4) is 0 Å². The van der Waals surface area contributed by atoms with E-state index in [2.05, 4.69) is 5.32 Å². The number of hydrogen-bond donors (Lipinski definition) is 1. The predicted octanol–water partition coefficient (Wildman–Crippen LogP) is 4.64. The van der Waals surface area contributed by atoms with Gasteiger partial charge in [-0.1, -0.05) is 29.3 Å². The van der Waals surface area contributed by atoms with E-state index in [0.717, 1.165) is 18.4 Å². The van der Waals surface area contributed by atoms with Gasteiger partial charge in [0.25, 0.3) is 11.8 Å². The molecule has 9 heteroatoms. The minimum atomic E-state index is -0.352. The summed E-state index contributed by atoms with van der Waals surface area (Å²) in [6.45, 7) is 0.917. The third-order valence-corrected chi connectivity index (χ3v) is 6.87. The molecule has 2 aliphatic heterocycles. The molecule has 2 aliphatic rings. The molecule has 3 amide bonds. The highest BCUT2D eigenvalue weighted by atomic mass is 35.5. The number of rotatable bonds is 7. The van der Waals surface area contributed by atoms with Gasteiger partial charge in [0.2, 0.25) is 5.91 Å². The summed E-state index contributed by atoms with van der Waals surface area (Å²) in [6, 6.07) is 10.1. The van der Waals surface area contributed by atoms with Crippen LogP contribution in [0, 0.1) is 0 Å². The highest BCUT2D eigenvalue weighted by molar-refractivity contribution is 7.99. The average Bonchev–Trinajstić information content (AvgIpc) is 3.33. The molecule has 0 radical (unpaired) electrons. The normalized spacial score (nSPS) is 17.9. The van der Waals surface area contributed by atoms with Gasteiger partial charge in [-0.25, -0.2) is 0 Å². The van der Waals surface area contributed by atoms with Crippen LogP contribution in [0.5, 0.6) is 0 Å². The molecule has 1 N–H and O–H groups in total. The molecular weight excluding hydrogens is 459 g/mol. The standard InChI is InChI=1S/C22H20Cl2N2O4S/c23-18-4-1-5-19(24)17(18)11-31-12-20(27)25-13-6-7-15-16(9-13)22(29)26(21(15)28)10-14-3-2-8-30-14/h1,4-7,9,14H,2-3,8,10-12H2,(H,25,27)/t14-/m1/s1. The van der Waals surface area contributed by atoms with Crippen LogP contribution in [-0.4, -0.2) is 47.6 Å². The van der Waals surface area contributed by atoms with Gasteiger partial charge in [-0.2, -0.15) is 0 Å². The first-order valence-corrected chi connectivity index (χ1v) is 11.8. The van der Waals surface area contributed by atoms with Crippen molar-refractivity contribution in [2.24, 2.45) is 0 Å². The van der Waals surface area contributed by atoms with E-state index in [0.29, 0.717) is 39.2 Å². The van der Waals surface area contributed by atoms with Crippen molar-refractivity contribution >= 4 is 58.4 Å². The van der Waals surface area contributed by atoms with Gasteiger partial charge in [0.05, 0.1) is 29.5 Å². The number of nitrogens with zero attached hydrogens (tertiary/aromatic N) is 1. The Morgan fingerprint density at radius 3 is 2.58 bits per heavy atom. The van der Waals surface area contributed by atoms with E-state index in [1.807, 2.05) is 0 Å². The number of thioether (sulfide) groups is 1. The third-order valence-electron chi connectivity index (χ3n) is 5.21. The quantitative estimate of drug-likeness (QED) is 0.586. The van der Waals surface area contributed by atoms with E-state index in [-0.39, 0.29) is 36.1 Å². The molecule has 31 heavy (non-hydrogen) atoms. The van der Waals surface area contributed by atoms with Crippen molar-refractivity contribution in [3.63, 3.8) is 0 Å². The fourth-order valence-electron chi connectivity index (χ4n) is 3.64. The molecule has 0 aromatic heterocycles. The van der Waals surface area contributed by atoms with Gasteiger partial charge in [0.1, 0.15) is 0 Å². The van der Waals surface area contributed by atoms with Crippen molar-refractivity contribution in [1.82, 2.24) is 4.90 Å². The summed E-state index contributed by atoms with van der Waals surface area (Å²) in [7, 11) is 0. The number of ether oxygens (including phenoxy) is 1. The molecule has 0 unspecified atom stereocenters. The van der Waals surface area contributed by atoms with Gasteiger partial charge in [0, 0.05) is 28.1 Å². The SMILES string of the molecule is O=C(CSCc1c(Cl)cccc1Cl)Nc1ccc2c(c1)C(=O)N(C[C@H]1CCCO1)C2=O. The maximum absolute atomic E-state index is 12.7. The lowest BCUT2D eigenvalue weighted by Crippen LogP contribution is -2.36. The van der Waals surface area contributed by atoms with Gasteiger partial charge in [0.15, 0.2) is 0 Å². The first-order valence-electron chi connectivity index (χ1n) is 9.86. The number of hydrogen-bond acceptors (Lipinski definition) is 5. The van der Waals surface area contributed by atoms with Crippen molar-refractivity contribution in [3.05, 3.63) is 63.1 Å². The van der Waals surface area contributed by atoms with Crippen LogP contribution >= 0.6 is 35.0 Å². The van der Waals surface area contributed by atoms with Crippen LogP contribution in [0.25, 0.3) is 0 Å². The summed E-state index contributed by atoms with van der Waals surface area (Å²) < 4.78 is 5.55. The van der Waals surface area contributed by atoms with E-state index < -0.39 is 0 Å². The summed E-state index contributed by atoms with van der Waals surface area (Å²) in [5, 5.41) is 3.91. The van der Waals surface area contributed by atoms with Crippen LogP contribution in [-0.2, 0) is 15.3 Å². The molecule has 0 bridgehead atoms. The molecule has 4 rings (SSSR count). The van der Waals surface area contributed by atoms with Crippen molar-refractivity contribution in [1.29, 1.82) is 0 Å². The van der Waals surface area contributed by atoms with E-state index in [1.54, 1.807) is 36.4 Å². The lowest BCUT2D eigenvalue weighted by Gasteiger charge is -2.17. The molecule has 0 aliphatic carbocycles. The van der Waals surface area contributed by atoms with E-state index in [1.165, 1.54) is 16.7 Å². The second-order valence-corrected chi connectivity index (χ2v) is 9.16. The van der Waals surface area contributed by atoms with Crippen LogP contribution in [0.4, 0.5) is 5.69 Å². The number of halogens is 2. The molecule has 0 saturated carbocycles. The smallest absolute Gasteiger partial charge is 0.261 e. The Balaban J connectivity index is 1.35. The van der Waals surface area contributed by atoms with Crippen molar-refractivity contribution < 1.29 is 19.1 Å². The molecule has 162 valence electrons. The Labute approximate surface area is 194 Å². The Kier molecular flexibility index (Phi) is 6.86. The number of carbonyl (C=O) groups is 3. The van der Waals surface area contributed by atoms with Gasteiger partial charge in [-0.3, -0.25) is 19.3 Å². The minimum Gasteiger partial charge on any atom is -0.376 e. The Bertz CT molecular complexity index is 1020. The fourth-order valence-corrected chi connectivity index (χ4v) is 5.20. The Morgan fingerprint density at radius 2 is 1.87 bits per heavy atom. The zero-order valence-electron chi connectivity index (χ0n) is 16.5. The minimum absolute atomic E-state index is 0.106. The van der Waals surface area contributed by atoms with Crippen LogP contribution < -0.4 is 5.32 Å². The Morgan fingerprint density at radius 1 is 1.13 bits per heavy atom. The maximum atomic E-state index is 12.7. The summed E-state index contributed by atoms with van der Waals surface area (Å²) in [6.07, 6.45) is 1.67. The Hall–Kier alpha value is -2.06. The van der Waals surface area contributed by atoms with E-state index in [4.69, 9.17) is 27.9 Å². The summed E-state index contributed by atoms with van der Waals surface area (Å²) in [5.74, 6) is -0.200. The van der Waals surface area contributed by atoms with Gasteiger partial charge >= 0.3 is 0 Å². The monoisotopic (exact) mass is 478 g/mol. The zero-order chi connectivity index (χ0) is 22.0. The number of anilines is 1. The lowest BCUT2D eigenvalue weighted by atomic mass is 10.1. The summed E-state index contributed by atoms with van der Waals surface area (Å²) >= 11 is 13.7. The third kappa shape index (κ3) is 4.90.